The highest BCUT2D eigenvalue weighted by Crippen LogP contribution is 2.21. The van der Waals surface area contributed by atoms with E-state index in [1.165, 1.54) is 0 Å². The van der Waals surface area contributed by atoms with Crippen LogP contribution in [-0.2, 0) is 6.42 Å². The largest absolute Gasteiger partial charge is 0.491 e. The third kappa shape index (κ3) is 3.00. The summed E-state index contributed by atoms with van der Waals surface area (Å²) in [5, 5.41) is 3.88. The third-order valence-corrected chi connectivity index (χ3v) is 3.07. The van der Waals surface area contributed by atoms with Crippen LogP contribution in [0.5, 0.6) is 5.75 Å². The topological polar surface area (TPSA) is 66.0 Å². The van der Waals surface area contributed by atoms with Crippen molar-refractivity contribution in [2.45, 2.75) is 33.3 Å². The SMILES string of the molecule is CCc1noc(-c2cn(-c3cccc(OC(C)C)c3)cn2)n1. The van der Waals surface area contributed by atoms with Gasteiger partial charge in [0, 0.05) is 18.7 Å². The molecule has 0 bridgehead atoms. The lowest BCUT2D eigenvalue weighted by molar-refractivity contribution is 0.242. The molecule has 1 aromatic carbocycles. The minimum atomic E-state index is 0.138. The zero-order valence-electron chi connectivity index (χ0n) is 12.9. The summed E-state index contributed by atoms with van der Waals surface area (Å²) in [5.41, 5.74) is 1.62. The van der Waals surface area contributed by atoms with Crippen LogP contribution in [0.15, 0.2) is 41.3 Å². The Morgan fingerprint density at radius 2 is 2.18 bits per heavy atom. The number of aryl methyl sites for hydroxylation is 1. The lowest BCUT2D eigenvalue weighted by atomic mass is 10.3. The van der Waals surface area contributed by atoms with Crippen molar-refractivity contribution < 1.29 is 9.26 Å². The Bertz CT molecular complexity index is 761. The molecule has 0 N–H and O–H groups in total. The van der Waals surface area contributed by atoms with E-state index >= 15 is 0 Å². The van der Waals surface area contributed by atoms with Crippen molar-refractivity contribution in [2.24, 2.45) is 0 Å². The summed E-state index contributed by atoms with van der Waals surface area (Å²) in [4.78, 5) is 8.61. The monoisotopic (exact) mass is 298 g/mol. The van der Waals surface area contributed by atoms with Gasteiger partial charge in [-0.15, -0.1) is 0 Å². The van der Waals surface area contributed by atoms with Gasteiger partial charge in [0.25, 0.3) is 5.89 Å². The molecule has 0 saturated heterocycles. The Hall–Kier alpha value is -2.63. The summed E-state index contributed by atoms with van der Waals surface area (Å²) >= 11 is 0. The third-order valence-electron chi connectivity index (χ3n) is 3.07. The highest BCUT2D eigenvalue weighted by molar-refractivity contribution is 5.48. The van der Waals surface area contributed by atoms with Crippen LogP contribution in [0.4, 0.5) is 0 Å². The molecule has 6 nitrogen and oxygen atoms in total. The van der Waals surface area contributed by atoms with E-state index in [-0.39, 0.29) is 6.10 Å². The predicted octanol–water partition coefficient (Wildman–Crippen LogP) is 3.27. The average Bonchev–Trinajstić information content (AvgIpc) is 3.16. The Morgan fingerprint density at radius 3 is 2.91 bits per heavy atom. The van der Waals surface area contributed by atoms with Crippen LogP contribution < -0.4 is 4.74 Å². The van der Waals surface area contributed by atoms with Crippen LogP contribution in [0.3, 0.4) is 0 Å². The Morgan fingerprint density at radius 1 is 1.32 bits per heavy atom. The van der Waals surface area contributed by atoms with Crippen LogP contribution in [0.2, 0.25) is 0 Å². The fraction of sp³-hybridized carbons (Fsp3) is 0.312. The molecule has 0 fully saturated rings. The molecule has 2 heterocycles. The molecule has 22 heavy (non-hydrogen) atoms. The summed E-state index contributed by atoms with van der Waals surface area (Å²) in [6.07, 6.45) is 4.46. The highest BCUT2D eigenvalue weighted by Gasteiger charge is 2.11. The molecule has 0 aliphatic carbocycles. The van der Waals surface area contributed by atoms with Gasteiger partial charge in [0.2, 0.25) is 0 Å². The number of imidazole rings is 1. The van der Waals surface area contributed by atoms with Gasteiger partial charge in [-0.3, -0.25) is 0 Å². The highest BCUT2D eigenvalue weighted by atomic mass is 16.5. The van der Waals surface area contributed by atoms with Gasteiger partial charge in [-0.25, -0.2) is 4.98 Å². The van der Waals surface area contributed by atoms with E-state index in [1.807, 2.05) is 55.8 Å². The van der Waals surface area contributed by atoms with E-state index < -0.39 is 0 Å². The van der Waals surface area contributed by atoms with Crippen molar-refractivity contribution in [3.63, 3.8) is 0 Å². The molecule has 0 atom stereocenters. The lowest BCUT2D eigenvalue weighted by Crippen LogP contribution is -2.05. The van der Waals surface area contributed by atoms with Gasteiger partial charge in [0.1, 0.15) is 17.8 Å². The summed E-state index contributed by atoms with van der Waals surface area (Å²) in [5.74, 6) is 1.94. The fourth-order valence-corrected chi connectivity index (χ4v) is 2.07. The standard InChI is InChI=1S/C16H18N4O2/c1-4-15-18-16(22-19-15)14-9-20(10-17-14)12-6-5-7-13(8-12)21-11(2)3/h5-11H,4H2,1-3H3. The van der Waals surface area contributed by atoms with Crippen molar-refractivity contribution in [3.05, 3.63) is 42.6 Å². The number of benzene rings is 1. The second-order valence-electron chi connectivity index (χ2n) is 5.20. The van der Waals surface area contributed by atoms with Crippen molar-refractivity contribution in [1.29, 1.82) is 0 Å². The maximum Gasteiger partial charge on any atom is 0.278 e. The average molecular weight is 298 g/mol. The quantitative estimate of drug-likeness (QED) is 0.723. The molecule has 3 aromatic rings. The van der Waals surface area contributed by atoms with E-state index in [1.54, 1.807) is 6.33 Å². The lowest BCUT2D eigenvalue weighted by Gasteiger charge is -2.11. The minimum absolute atomic E-state index is 0.138. The van der Waals surface area contributed by atoms with E-state index in [2.05, 4.69) is 15.1 Å². The van der Waals surface area contributed by atoms with E-state index in [0.717, 1.165) is 17.9 Å². The van der Waals surface area contributed by atoms with Crippen LogP contribution in [-0.4, -0.2) is 25.8 Å². The van der Waals surface area contributed by atoms with Gasteiger partial charge in [-0.1, -0.05) is 18.1 Å². The van der Waals surface area contributed by atoms with Crippen molar-refractivity contribution in [2.75, 3.05) is 0 Å². The molecular weight excluding hydrogens is 280 g/mol. The van der Waals surface area contributed by atoms with Gasteiger partial charge >= 0.3 is 0 Å². The molecule has 0 aliphatic rings. The second kappa shape index (κ2) is 6.01. The summed E-state index contributed by atoms with van der Waals surface area (Å²) in [6.45, 7) is 5.99. The molecule has 3 rings (SSSR count). The van der Waals surface area contributed by atoms with Gasteiger partial charge in [-0.2, -0.15) is 4.98 Å². The smallest absolute Gasteiger partial charge is 0.278 e. The van der Waals surface area contributed by atoms with Crippen molar-refractivity contribution in [3.8, 4) is 23.0 Å². The van der Waals surface area contributed by atoms with Crippen molar-refractivity contribution in [1.82, 2.24) is 19.7 Å². The van der Waals surface area contributed by atoms with Crippen molar-refractivity contribution >= 4 is 0 Å². The molecule has 0 amide bonds. The first-order chi connectivity index (χ1) is 10.7. The van der Waals surface area contributed by atoms with Crippen LogP contribution in [0.1, 0.15) is 26.6 Å². The van der Waals surface area contributed by atoms with Crippen LogP contribution >= 0.6 is 0 Å². The Kier molecular flexibility index (Phi) is 3.91. The van der Waals surface area contributed by atoms with Gasteiger partial charge in [-0.05, 0) is 26.0 Å². The molecule has 2 aromatic heterocycles. The minimum Gasteiger partial charge on any atom is -0.491 e. The maximum absolute atomic E-state index is 5.71. The zero-order valence-corrected chi connectivity index (χ0v) is 12.9. The normalized spacial score (nSPS) is 11.1. The van der Waals surface area contributed by atoms with Gasteiger partial charge < -0.3 is 13.8 Å². The van der Waals surface area contributed by atoms with E-state index in [0.29, 0.717) is 17.4 Å². The Labute approximate surface area is 128 Å². The number of hydrogen-bond donors (Lipinski definition) is 0. The molecule has 0 radical (unpaired) electrons. The van der Waals surface area contributed by atoms with Crippen LogP contribution in [0, 0.1) is 0 Å². The maximum atomic E-state index is 5.71. The predicted molar refractivity (Wildman–Crippen MR) is 82.0 cm³/mol. The Balaban J connectivity index is 1.87. The fourth-order valence-electron chi connectivity index (χ4n) is 2.07. The number of ether oxygens (including phenoxy) is 1. The van der Waals surface area contributed by atoms with Gasteiger partial charge in [0.15, 0.2) is 5.82 Å². The van der Waals surface area contributed by atoms with E-state index in [4.69, 9.17) is 9.26 Å². The zero-order chi connectivity index (χ0) is 15.5. The number of nitrogens with zero attached hydrogens (tertiary/aromatic N) is 4. The summed E-state index contributed by atoms with van der Waals surface area (Å²) < 4.78 is 12.8. The summed E-state index contributed by atoms with van der Waals surface area (Å²) in [7, 11) is 0. The molecular formula is C16H18N4O2. The first-order valence-electron chi connectivity index (χ1n) is 7.29. The van der Waals surface area contributed by atoms with E-state index in [9.17, 15) is 0 Å². The number of aromatic nitrogens is 4. The molecule has 0 spiro atoms. The molecule has 0 aliphatic heterocycles. The molecule has 6 heteroatoms. The number of rotatable bonds is 5. The molecule has 0 unspecified atom stereocenters. The second-order valence-corrected chi connectivity index (χ2v) is 5.20. The van der Waals surface area contributed by atoms with Crippen LogP contribution in [0.25, 0.3) is 17.3 Å². The molecule has 0 saturated carbocycles. The molecule has 114 valence electrons. The first-order valence-corrected chi connectivity index (χ1v) is 7.29. The number of hydrogen-bond acceptors (Lipinski definition) is 5. The first kappa shape index (κ1) is 14.3. The van der Waals surface area contributed by atoms with Gasteiger partial charge in [0.05, 0.1) is 11.8 Å². The summed E-state index contributed by atoms with van der Waals surface area (Å²) in [6, 6.07) is 7.85.